The largest absolute Gasteiger partial charge is 0.465 e. The minimum Gasteiger partial charge on any atom is -0.465 e. The van der Waals surface area contributed by atoms with Gasteiger partial charge in [-0.15, -0.1) is 0 Å². The summed E-state index contributed by atoms with van der Waals surface area (Å²) in [7, 11) is 5.37. The molecule has 2 aliphatic carbocycles. The molecule has 0 amide bonds. The molecule has 1 atom stereocenters. The van der Waals surface area contributed by atoms with Crippen molar-refractivity contribution in [3.63, 3.8) is 0 Å². The second kappa shape index (κ2) is 10.1. The molecule has 2 fully saturated rings. The number of benzene rings is 2. The Morgan fingerprint density at radius 1 is 0.977 bits per heavy atom. The molecule has 0 aliphatic heterocycles. The first kappa shape index (κ1) is 26.7. The van der Waals surface area contributed by atoms with E-state index in [1.54, 1.807) is 28.9 Å². The third-order valence-electron chi connectivity index (χ3n) is 8.84. The van der Waals surface area contributed by atoms with Crippen LogP contribution in [0.5, 0.6) is 0 Å². The van der Waals surface area contributed by atoms with Gasteiger partial charge in [0.2, 0.25) is 0 Å². The van der Waals surface area contributed by atoms with E-state index in [4.69, 9.17) is 19.8 Å². The van der Waals surface area contributed by atoms with E-state index in [-0.39, 0.29) is 6.54 Å². The number of rotatable bonds is 8. The van der Waals surface area contributed by atoms with E-state index in [0.29, 0.717) is 23.0 Å². The van der Waals surface area contributed by atoms with Gasteiger partial charge < -0.3 is 9.30 Å². The van der Waals surface area contributed by atoms with E-state index in [0.717, 1.165) is 76.0 Å². The molecule has 10 heteroatoms. The lowest BCUT2D eigenvalue weighted by molar-refractivity contribution is 0.0600. The van der Waals surface area contributed by atoms with Crippen LogP contribution in [0.3, 0.4) is 0 Å². The molecule has 0 saturated heterocycles. The van der Waals surface area contributed by atoms with Gasteiger partial charge in [-0.2, -0.15) is 10.2 Å². The molecule has 6 aromatic rings. The van der Waals surface area contributed by atoms with Crippen LogP contribution in [-0.2, 0) is 25.4 Å². The Balaban J connectivity index is 1.18. The van der Waals surface area contributed by atoms with Gasteiger partial charge in [0.05, 0.1) is 36.1 Å². The van der Waals surface area contributed by atoms with Crippen molar-refractivity contribution in [3.8, 4) is 22.6 Å². The Hall–Kier alpha value is -4.86. The average Bonchev–Trinajstić information content (AvgIpc) is 3.95. The van der Waals surface area contributed by atoms with Crippen LogP contribution in [0.25, 0.3) is 44.6 Å². The van der Waals surface area contributed by atoms with E-state index < -0.39 is 12.1 Å². The number of nitrogens with zero attached hydrogens (tertiary/aromatic N) is 7. The number of fused-ring (bicyclic) bond motifs is 2. The molecule has 222 valence electrons. The third-order valence-corrected chi connectivity index (χ3v) is 8.84. The summed E-state index contributed by atoms with van der Waals surface area (Å²) >= 11 is 0. The summed E-state index contributed by atoms with van der Waals surface area (Å²) in [6.45, 7) is 0.0518. The second-order valence-corrected chi connectivity index (χ2v) is 12.1. The Morgan fingerprint density at radius 2 is 1.75 bits per heavy atom. The number of aromatic nitrogens is 7. The number of aryl methyl sites for hydroxylation is 1. The molecule has 2 aliphatic rings. The number of alkyl halides is 1. The smallest absolute Gasteiger partial charge is 0.337 e. The summed E-state index contributed by atoms with van der Waals surface area (Å²) < 4.78 is 25.9. The minimum atomic E-state index is -1.29. The summed E-state index contributed by atoms with van der Waals surface area (Å²) in [5.74, 6) is 1.36. The molecule has 0 bridgehead atoms. The van der Waals surface area contributed by atoms with Crippen molar-refractivity contribution < 1.29 is 13.9 Å². The van der Waals surface area contributed by atoms with Crippen LogP contribution < -0.4 is 0 Å². The monoisotopic (exact) mass is 589 g/mol. The van der Waals surface area contributed by atoms with Crippen LogP contribution in [0, 0.1) is 0 Å². The van der Waals surface area contributed by atoms with Crippen LogP contribution in [-0.4, -0.2) is 47.2 Å². The number of pyridine rings is 1. The van der Waals surface area contributed by atoms with Gasteiger partial charge in [0.1, 0.15) is 12.0 Å². The Labute approximate surface area is 253 Å². The normalized spacial score (nSPS) is 15.7. The fourth-order valence-electron chi connectivity index (χ4n) is 6.32. The van der Waals surface area contributed by atoms with Crippen molar-refractivity contribution in [1.82, 2.24) is 34.1 Å². The zero-order valence-corrected chi connectivity index (χ0v) is 24.9. The van der Waals surface area contributed by atoms with Crippen LogP contribution in [0.15, 0.2) is 60.9 Å². The standard InChI is InChI=1S/C34H32FN7O2/c1-40-16-23-15-25(29(20-9-10-20)36-32(23)39-40)33-37-30(31(41(33)2)21-11-12-21)24-5-4-6-28-26(24)17-42(38-28)18-27(35)19-7-13-22(14-8-19)34(43)44-3/h4-8,13-17,20-21,27H,9-12,18H2,1-3H3/t27-/m0/s1. The maximum absolute atomic E-state index is 15.4. The van der Waals surface area contributed by atoms with Gasteiger partial charge in [-0.05, 0) is 55.5 Å². The van der Waals surface area contributed by atoms with E-state index in [1.807, 2.05) is 36.3 Å². The van der Waals surface area contributed by atoms with Crippen molar-refractivity contribution in [1.29, 1.82) is 0 Å². The summed E-state index contributed by atoms with van der Waals surface area (Å²) in [4.78, 5) is 22.1. The number of ether oxygens (including phenoxy) is 1. The lowest BCUT2D eigenvalue weighted by atomic mass is 10.0. The number of methoxy groups -OCH3 is 1. The van der Waals surface area contributed by atoms with Crippen LogP contribution in [0.4, 0.5) is 4.39 Å². The van der Waals surface area contributed by atoms with Gasteiger partial charge in [-0.1, -0.05) is 24.3 Å². The summed E-state index contributed by atoms with van der Waals surface area (Å²) in [5, 5.41) is 11.2. The number of imidazole rings is 1. The average molecular weight is 590 g/mol. The van der Waals surface area contributed by atoms with Gasteiger partial charge in [0, 0.05) is 65.9 Å². The molecule has 0 N–H and O–H groups in total. The van der Waals surface area contributed by atoms with Crippen molar-refractivity contribution in [2.45, 2.75) is 50.2 Å². The zero-order chi connectivity index (χ0) is 30.1. The summed E-state index contributed by atoms with van der Waals surface area (Å²) in [6.07, 6.45) is 7.17. The second-order valence-electron chi connectivity index (χ2n) is 12.1. The van der Waals surface area contributed by atoms with Crippen LogP contribution >= 0.6 is 0 Å². The molecule has 2 aromatic carbocycles. The number of carbonyl (C=O) groups excluding carboxylic acids is 1. The molecule has 4 aromatic heterocycles. The van der Waals surface area contributed by atoms with Crippen molar-refractivity contribution >= 4 is 27.9 Å². The van der Waals surface area contributed by atoms with Gasteiger partial charge >= 0.3 is 5.97 Å². The lowest BCUT2D eigenvalue weighted by Crippen LogP contribution is -2.06. The van der Waals surface area contributed by atoms with E-state index in [2.05, 4.69) is 28.8 Å². The predicted octanol–water partition coefficient (Wildman–Crippen LogP) is 6.64. The maximum atomic E-state index is 15.4. The van der Waals surface area contributed by atoms with Gasteiger partial charge in [0.25, 0.3) is 0 Å². The molecule has 4 heterocycles. The first-order valence-electron chi connectivity index (χ1n) is 15.1. The SMILES string of the molecule is COC(=O)c1ccc([C@@H](F)Cn2cc3c(-c4nc(-c5cc6cn(C)nc6nc5C5CC5)n(C)c4C4CC4)cccc3n2)cc1. The molecule has 0 spiro atoms. The highest BCUT2D eigenvalue weighted by atomic mass is 19.1. The van der Waals surface area contributed by atoms with Gasteiger partial charge in [0.15, 0.2) is 5.65 Å². The molecule has 44 heavy (non-hydrogen) atoms. The Morgan fingerprint density at radius 3 is 2.48 bits per heavy atom. The fraction of sp³-hybridized carbons (Fsp3) is 0.324. The molecular formula is C34H32FN7O2. The highest BCUT2D eigenvalue weighted by Crippen LogP contribution is 2.49. The lowest BCUT2D eigenvalue weighted by Gasteiger charge is -2.10. The zero-order valence-electron chi connectivity index (χ0n) is 24.9. The predicted molar refractivity (Wildman–Crippen MR) is 165 cm³/mol. The summed E-state index contributed by atoms with van der Waals surface area (Å²) in [5.41, 5.74) is 7.77. The number of halogens is 1. The van der Waals surface area contributed by atoms with E-state index >= 15 is 4.39 Å². The van der Waals surface area contributed by atoms with Crippen molar-refractivity contribution in [2.75, 3.05) is 7.11 Å². The Kier molecular flexibility index (Phi) is 6.14. The Bertz CT molecular complexity index is 2070. The number of esters is 1. The van der Waals surface area contributed by atoms with E-state index in [1.165, 1.54) is 12.8 Å². The van der Waals surface area contributed by atoms with Gasteiger partial charge in [-0.3, -0.25) is 9.36 Å². The topological polar surface area (TPSA) is 92.7 Å². The molecule has 2 saturated carbocycles. The maximum Gasteiger partial charge on any atom is 0.337 e. The fourth-order valence-corrected chi connectivity index (χ4v) is 6.32. The van der Waals surface area contributed by atoms with Crippen LogP contribution in [0.1, 0.15) is 71.0 Å². The van der Waals surface area contributed by atoms with Crippen molar-refractivity contribution in [3.05, 3.63) is 83.4 Å². The molecule has 8 rings (SSSR count). The highest BCUT2D eigenvalue weighted by molar-refractivity contribution is 5.95. The molecule has 0 radical (unpaired) electrons. The van der Waals surface area contributed by atoms with Crippen molar-refractivity contribution in [2.24, 2.45) is 14.1 Å². The molecule has 9 nitrogen and oxygen atoms in total. The number of carbonyl (C=O) groups is 1. The minimum absolute atomic E-state index is 0.0518. The molecular weight excluding hydrogens is 557 g/mol. The first-order valence-corrected chi connectivity index (χ1v) is 15.1. The van der Waals surface area contributed by atoms with Crippen LogP contribution in [0.2, 0.25) is 0 Å². The first-order chi connectivity index (χ1) is 21.4. The number of hydrogen-bond acceptors (Lipinski definition) is 6. The van der Waals surface area contributed by atoms with Gasteiger partial charge in [-0.25, -0.2) is 19.2 Å². The third kappa shape index (κ3) is 4.56. The highest BCUT2D eigenvalue weighted by Gasteiger charge is 2.35. The summed E-state index contributed by atoms with van der Waals surface area (Å²) in [6, 6.07) is 14.7. The van der Waals surface area contributed by atoms with E-state index in [9.17, 15) is 4.79 Å². The quantitative estimate of drug-likeness (QED) is 0.185. The molecule has 0 unspecified atom stereocenters. The number of hydrogen-bond donors (Lipinski definition) is 0.